The van der Waals surface area contributed by atoms with E-state index in [1.165, 1.54) is 5.56 Å². The topological polar surface area (TPSA) is 75.9 Å². The molecule has 0 saturated carbocycles. The van der Waals surface area contributed by atoms with Crippen molar-refractivity contribution < 1.29 is 8.83 Å². The minimum absolute atomic E-state index is 0.00315. The molecule has 2 aliphatic rings. The van der Waals surface area contributed by atoms with Gasteiger partial charge in [0.25, 0.3) is 0 Å². The summed E-state index contributed by atoms with van der Waals surface area (Å²) in [5.74, 6) is 2.54. The van der Waals surface area contributed by atoms with Gasteiger partial charge in [-0.15, -0.1) is 0 Å². The number of para-hydroxylation sites is 1. The summed E-state index contributed by atoms with van der Waals surface area (Å²) < 4.78 is 13.2. The van der Waals surface area contributed by atoms with Gasteiger partial charge in [0.15, 0.2) is 5.84 Å². The average molecular weight is 711 g/mol. The number of nitrogens with one attached hydrogen (secondary N) is 1. The number of aliphatic imine (C=N–C) groups is 2. The Morgan fingerprint density at radius 3 is 2.22 bits per heavy atom. The summed E-state index contributed by atoms with van der Waals surface area (Å²) in [6.45, 7) is 2.26. The number of allylic oxidation sites excluding steroid dienone is 1. The van der Waals surface area contributed by atoms with E-state index in [-0.39, 0.29) is 18.0 Å². The lowest BCUT2D eigenvalue weighted by Gasteiger charge is -2.34. The second kappa shape index (κ2) is 12.5. The van der Waals surface area contributed by atoms with Crippen molar-refractivity contribution in [3.05, 3.63) is 180 Å². The second-order valence-corrected chi connectivity index (χ2v) is 14.4. The summed E-state index contributed by atoms with van der Waals surface area (Å²) in [4.78, 5) is 15.1. The standard InChI is InChI=1S/C49H34N4O2/c1-29-20-23-41-45(38-18-10-11-19-40(38)54-41)43(29)49-52-47(31-14-6-3-7-15-31)51-48(53-49)37-17-9-8-16-35(37)36-22-21-34(30-12-4-2-5-13-30)46-44(36)39-26-33-28-50-25-24-32(33)27-42(39)55-46/h2-29,43,49H,1H3,(H,51,52,53). The number of benzene rings is 6. The van der Waals surface area contributed by atoms with E-state index in [2.05, 4.69) is 126 Å². The number of hydrogen-bond donors (Lipinski definition) is 1. The van der Waals surface area contributed by atoms with Gasteiger partial charge in [-0.05, 0) is 64.4 Å². The molecular weight excluding hydrogens is 677 g/mol. The van der Waals surface area contributed by atoms with Gasteiger partial charge >= 0.3 is 0 Å². The molecule has 3 atom stereocenters. The van der Waals surface area contributed by atoms with Crippen molar-refractivity contribution >= 4 is 61.4 Å². The van der Waals surface area contributed by atoms with Crippen LogP contribution in [0, 0.1) is 5.92 Å². The highest BCUT2D eigenvalue weighted by atomic mass is 16.3. The maximum absolute atomic E-state index is 6.84. The lowest BCUT2D eigenvalue weighted by Crippen LogP contribution is -2.44. The van der Waals surface area contributed by atoms with E-state index in [1.807, 2.05) is 54.9 Å². The van der Waals surface area contributed by atoms with Crippen LogP contribution in [0.2, 0.25) is 0 Å². The molecular formula is C49H34N4O2. The number of aromatic nitrogens is 1. The van der Waals surface area contributed by atoms with Crippen LogP contribution in [0.5, 0.6) is 0 Å². The van der Waals surface area contributed by atoms with Crippen molar-refractivity contribution in [1.82, 2.24) is 10.3 Å². The van der Waals surface area contributed by atoms with Crippen LogP contribution in [-0.2, 0) is 0 Å². The molecule has 3 aromatic heterocycles. The number of fused-ring (bicyclic) bond motifs is 7. The Hall–Kier alpha value is -7.05. The predicted octanol–water partition coefficient (Wildman–Crippen LogP) is 11.8. The van der Waals surface area contributed by atoms with Gasteiger partial charge in [-0.1, -0.05) is 122 Å². The van der Waals surface area contributed by atoms with Crippen molar-refractivity contribution in [1.29, 1.82) is 0 Å². The molecule has 6 aromatic carbocycles. The highest BCUT2D eigenvalue weighted by Gasteiger charge is 2.37. The number of amidine groups is 2. The molecule has 6 heteroatoms. The van der Waals surface area contributed by atoms with E-state index in [9.17, 15) is 0 Å². The zero-order chi connectivity index (χ0) is 36.5. The molecule has 0 saturated heterocycles. The first-order valence-electron chi connectivity index (χ1n) is 18.7. The SMILES string of the molecule is CC1C=Cc2oc3ccccc3c2C1C1N=C(c2ccccc2)N=C(c2ccccc2-c2ccc(-c3ccccc3)c3oc4cc5ccncc5cc4c23)N1. The van der Waals surface area contributed by atoms with Crippen molar-refractivity contribution in [3.63, 3.8) is 0 Å². The summed E-state index contributed by atoms with van der Waals surface area (Å²) in [6.07, 6.45) is 7.78. The van der Waals surface area contributed by atoms with E-state index in [0.717, 1.165) is 88.7 Å². The molecule has 3 unspecified atom stereocenters. The Balaban J connectivity index is 1.12. The summed E-state index contributed by atoms with van der Waals surface area (Å²) >= 11 is 0. The lowest BCUT2D eigenvalue weighted by atomic mass is 9.79. The fourth-order valence-corrected chi connectivity index (χ4v) is 8.58. The average Bonchev–Trinajstić information content (AvgIpc) is 3.81. The Morgan fingerprint density at radius 2 is 1.36 bits per heavy atom. The highest BCUT2D eigenvalue weighted by molar-refractivity contribution is 6.21. The largest absolute Gasteiger partial charge is 0.456 e. The summed E-state index contributed by atoms with van der Waals surface area (Å²) in [6, 6.07) is 48.4. The van der Waals surface area contributed by atoms with E-state index in [4.69, 9.17) is 18.8 Å². The third kappa shape index (κ3) is 5.13. The number of rotatable bonds is 5. The molecule has 1 aliphatic heterocycles. The Labute approximate surface area is 317 Å². The first-order chi connectivity index (χ1) is 27.2. The molecule has 55 heavy (non-hydrogen) atoms. The summed E-state index contributed by atoms with van der Waals surface area (Å²) in [7, 11) is 0. The molecule has 1 N–H and O–H groups in total. The van der Waals surface area contributed by atoms with Gasteiger partial charge in [0.2, 0.25) is 0 Å². The van der Waals surface area contributed by atoms with Crippen LogP contribution in [0.25, 0.3) is 72.0 Å². The van der Waals surface area contributed by atoms with Crippen LogP contribution in [0.4, 0.5) is 0 Å². The summed E-state index contributed by atoms with van der Waals surface area (Å²) in [5, 5.41) is 9.24. The quantitative estimate of drug-likeness (QED) is 0.193. The third-order valence-corrected chi connectivity index (χ3v) is 11.2. The number of nitrogens with zero attached hydrogens (tertiary/aromatic N) is 3. The van der Waals surface area contributed by atoms with E-state index < -0.39 is 0 Å². The van der Waals surface area contributed by atoms with Gasteiger partial charge < -0.3 is 14.2 Å². The van der Waals surface area contributed by atoms with Crippen LogP contribution in [0.3, 0.4) is 0 Å². The minimum Gasteiger partial charge on any atom is -0.456 e. The maximum atomic E-state index is 6.84. The van der Waals surface area contributed by atoms with Gasteiger partial charge in [-0.2, -0.15) is 0 Å². The van der Waals surface area contributed by atoms with Crippen LogP contribution < -0.4 is 5.32 Å². The maximum Gasteiger partial charge on any atom is 0.159 e. The fourth-order valence-electron chi connectivity index (χ4n) is 8.58. The van der Waals surface area contributed by atoms with Crippen molar-refractivity contribution in [3.8, 4) is 22.3 Å². The molecule has 6 nitrogen and oxygen atoms in total. The van der Waals surface area contributed by atoms with Crippen molar-refractivity contribution in [2.45, 2.75) is 19.0 Å². The van der Waals surface area contributed by atoms with Crippen molar-refractivity contribution in [2.24, 2.45) is 15.9 Å². The van der Waals surface area contributed by atoms with Gasteiger partial charge in [0.1, 0.15) is 34.5 Å². The molecule has 1 aliphatic carbocycles. The normalized spacial score (nSPS) is 18.0. The molecule has 9 aromatic rings. The number of hydrogen-bond acceptors (Lipinski definition) is 6. The monoisotopic (exact) mass is 710 g/mol. The molecule has 0 radical (unpaired) electrons. The number of pyridine rings is 1. The van der Waals surface area contributed by atoms with Crippen LogP contribution in [-0.4, -0.2) is 22.8 Å². The molecule has 4 heterocycles. The van der Waals surface area contributed by atoms with Gasteiger partial charge in [-0.25, -0.2) is 9.98 Å². The van der Waals surface area contributed by atoms with E-state index in [1.54, 1.807) is 0 Å². The van der Waals surface area contributed by atoms with E-state index in [0.29, 0.717) is 5.84 Å². The van der Waals surface area contributed by atoms with Gasteiger partial charge in [0, 0.05) is 62.1 Å². The molecule has 0 fully saturated rings. The zero-order valence-electron chi connectivity index (χ0n) is 30.0. The van der Waals surface area contributed by atoms with Crippen LogP contribution in [0.1, 0.15) is 35.3 Å². The van der Waals surface area contributed by atoms with Crippen LogP contribution >= 0.6 is 0 Å². The third-order valence-electron chi connectivity index (χ3n) is 11.2. The highest BCUT2D eigenvalue weighted by Crippen LogP contribution is 2.45. The first kappa shape index (κ1) is 31.5. The van der Waals surface area contributed by atoms with Gasteiger partial charge in [-0.3, -0.25) is 4.98 Å². The fraction of sp³-hybridized carbons (Fsp3) is 0.0816. The molecule has 11 rings (SSSR count). The lowest BCUT2D eigenvalue weighted by molar-refractivity contribution is 0.419. The molecule has 0 spiro atoms. The molecule has 0 bridgehead atoms. The Kier molecular flexibility index (Phi) is 7.17. The smallest absolute Gasteiger partial charge is 0.159 e. The Morgan fingerprint density at radius 1 is 0.618 bits per heavy atom. The van der Waals surface area contributed by atoms with Gasteiger partial charge in [0.05, 0.1) is 0 Å². The Bertz CT molecular complexity index is 3050. The number of furan rings is 2. The molecule has 262 valence electrons. The first-order valence-corrected chi connectivity index (χ1v) is 18.7. The van der Waals surface area contributed by atoms with Crippen molar-refractivity contribution in [2.75, 3.05) is 0 Å². The van der Waals surface area contributed by atoms with E-state index >= 15 is 0 Å². The zero-order valence-corrected chi connectivity index (χ0v) is 30.0. The second-order valence-electron chi connectivity index (χ2n) is 14.4. The minimum atomic E-state index is -0.315. The predicted molar refractivity (Wildman–Crippen MR) is 223 cm³/mol. The van der Waals surface area contributed by atoms with Crippen LogP contribution in [0.15, 0.2) is 177 Å². The molecule has 0 amide bonds. The summed E-state index contributed by atoms with van der Waals surface area (Å²) in [5.41, 5.74) is 9.96.